The van der Waals surface area contributed by atoms with Gasteiger partial charge in [0.2, 0.25) is 0 Å². The van der Waals surface area contributed by atoms with Crippen LogP contribution in [0.5, 0.6) is 17.2 Å². The highest BCUT2D eigenvalue weighted by Gasteiger charge is 2.12. The van der Waals surface area contributed by atoms with Gasteiger partial charge in [-0.15, -0.1) is 0 Å². The molecule has 3 aromatic rings. The summed E-state index contributed by atoms with van der Waals surface area (Å²) in [6.45, 7) is 2.71. The Morgan fingerprint density at radius 1 is 0.920 bits per heavy atom. The van der Waals surface area contributed by atoms with E-state index in [-0.39, 0.29) is 0 Å². The fourth-order valence-electron chi connectivity index (χ4n) is 3.22. The summed E-state index contributed by atoms with van der Waals surface area (Å²) in [5.41, 5.74) is 2.35. The third-order valence-electron chi connectivity index (χ3n) is 4.46. The molecule has 0 aliphatic carbocycles. The van der Waals surface area contributed by atoms with E-state index in [1.807, 2.05) is 18.2 Å². The minimum atomic E-state index is 0.608. The maximum absolute atomic E-state index is 5.65. The molecule has 0 spiro atoms. The Morgan fingerprint density at radius 3 is 2.64 bits per heavy atom. The fourth-order valence-corrected chi connectivity index (χ4v) is 3.22. The summed E-state index contributed by atoms with van der Waals surface area (Å²) in [4.78, 5) is 0. The van der Waals surface area contributed by atoms with Gasteiger partial charge in [-0.25, -0.2) is 0 Å². The normalized spacial score (nSPS) is 13.0. The van der Waals surface area contributed by atoms with Crippen molar-refractivity contribution in [2.75, 3.05) is 20.3 Å². The van der Waals surface area contributed by atoms with Gasteiger partial charge in [-0.05, 0) is 34.5 Å². The van der Waals surface area contributed by atoms with E-state index in [0.29, 0.717) is 13.2 Å². The lowest BCUT2D eigenvalue weighted by Gasteiger charge is -2.19. The van der Waals surface area contributed by atoms with Gasteiger partial charge in [-0.2, -0.15) is 0 Å². The first-order chi connectivity index (χ1) is 12.3. The van der Waals surface area contributed by atoms with Crippen LogP contribution in [0.25, 0.3) is 10.8 Å². The molecule has 0 bridgehead atoms. The van der Waals surface area contributed by atoms with Crippen molar-refractivity contribution in [3.8, 4) is 17.2 Å². The maximum Gasteiger partial charge on any atom is 0.161 e. The summed E-state index contributed by atoms with van der Waals surface area (Å²) < 4.78 is 16.8. The predicted molar refractivity (Wildman–Crippen MR) is 98.5 cm³/mol. The van der Waals surface area contributed by atoms with Gasteiger partial charge >= 0.3 is 0 Å². The van der Waals surface area contributed by atoms with Crippen molar-refractivity contribution in [2.45, 2.75) is 13.1 Å². The van der Waals surface area contributed by atoms with Gasteiger partial charge in [0.25, 0.3) is 0 Å². The highest BCUT2D eigenvalue weighted by molar-refractivity contribution is 5.87. The molecule has 0 amide bonds. The number of benzene rings is 3. The Labute approximate surface area is 147 Å². The zero-order valence-corrected chi connectivity index (χ0v) is 14.2. The Hall–Kier alpha value is -2.72. The van der Waals surface area contributed by atoms with Crippen molar-refractivity contribution in [3.05, 3.63) is 65.7 Å². The monoisotopic (exact) mass is 335 g/mol. The molecule has 0 saturated carbocycles. The lowest BCUT2D eigenvalue weighted by molar-refractivity contribution is 0.171. The number of nitrogens with one attached hydrogen (secondary N) is 1. The average Bonchev–Trinajstić information content (AvgIpc) is 2.68. The molecule has 0 saturated heterocycles. The Kier molecular flexibility index (Phi) is 4.44. The first-order valence-corrected chi connectivity index (χ1v) is 8.49. The number of rotatable bonds is 5. The largest absolute Gasteiger partial charge is 0.496 e. The molecule has 1 aliphatic rings. The van der Waals surface area contributed by atoms with Crippen molar-refractivity contribution < 1.29 is 14.2 Å². The second kappa shape index (κ2) is 7.03. The molecule has 4 rings (SSSR count). The van der Waals surface area contributed by atoms with Crippen LogP contribution < -0.4 is 19.5 Å². The molecule has 3 aromatic carbocycles. The van der Waals surface area contributed by atoms with Crippen molar-refractivity contribution in [1.82, 2.24) is 5.32 Å². The fraction of sp³-hybridized carbons (Fsp3) is 0.238. The standard InChI is InChI=1S/C21H21NO3/c1-23-19-9-7-16-4-2-3-5-17(16)18(19)14-22-13-15-6-8-20-21(12-15)25-11-10-24-20/h2-9,12,22H,10-11,13-14H2,1H3. The third-order valence-corrected chi connectivity index (χ3v) is 4.46. The van der Waals surface area contributed by atoms with Crippen LogP contribution in [-0.2, 0) is 13.1 Å². The molecule has 1 heterocycles. The first-order valence-electron chi connectivity index (χ1n) is 8.49. The van der Waals surface area contributed by atoms with Crippen LogP contribution in [0.3, 0.4) is 0 Å². The van der Waals surface area contributed by atoms with E-state index in [2.05, 4.69) is 41.7 Å². The summed E-state index contributed by atoms with van der Waals surface area (Å²) in [6.07, 6.45) is 0. The zero-order valence-electron chi connectivity index (χ0n) is 14.2. The Bertz CT molecular complexity index is 891. The van der Waals surface area contributed by atoms with Gasteiger partial charge in [-0.1, -0.05) is 36.4 Å². The Balaban J connectivity index is 1.51. The van der Waals surface area contributed by atoms with Gasteiger partial charge in [0.15, 0.2) is 11.5 Å². The summed E-state index contributed by atoms with van der Waals surface area (Å²) in [7, 11) is 1.72. The highest BCUT2D eigenvalue weighted by atomic mass is 16.6. The molecule has 0 atom stereocenters. The maximum atomic E-state index is 5.65. The minimum absolute atomic E-state index is 0.608. The molecule has 0 radical (unpaired) electrons. The SMILES string of the molecule is COc1ccc2ccccc2c1CNCc1ccc2c(c1)OCCO2. The van der Waals surface area contributed by atoms with Gasteiger partial charge in [0.05, 0.1) is 7.11 Å². The molecule has 0 aromatic heterocycles. The average molecular weight is 335 g/mol. The minimum Gasteiger partial charge on any atom is -0.496 e. The quantitative estimate of drug-likeness (QED) is 0.767. The van der Waals surface area contributed by atoms with Gasteiger partial charge in [-0.3, -0.25) is 0 Å². The first kappa shape index (κ1) is 15.8. The summed E-state index contributed by atoms with van der Waals surface area (Å²) in [5.74, 6) is 2.56. The van der Waals surface area contributed by atoms with Crippen LogP contribution in [-0.4, -0.2) is 20.3 Å². The second-order valence-electron chi connectivity index (χ2n) is 6.05. The number of hydrogen-bond acceptors (Lipinski definition) is 4. The molecule has 0 unspecified atom stereocenters. The number of ether oxygens (including phenoxy) is 3. The number of methoxy groups -OCH3 is 1. The molecule has 1 aliphatic heterocycles. The van der Waals surface area contributed by atoms with E-state index in [1.54, 1.807) is 7.11 Å². The van der Waals surface area contributed by atoms with Crippen molar-refractivity contribution >= 4 is 10.8 Å². The molecule has 0 fully saturated rings. The second-order valence-corrected chi connectivity index (χ2v) is 6.05. The van der Waals surface area contributed by atoms with E-state index in [1.165, 1.54) is 21.9 Å². The molecule has 4 nitrogen and oxygen atoms in total. The van der Waals surface area contributed by atoms with Crippen LogP contribution in [0.15, 0.2) is 54.6 Å². The highest BCUT2D eigenvalue weighted by Crippen LogP contribution is 2.31. The summed E-state index contributed by atoms with van der Waals surface area (Å²) >= 11 is 0. The van der Waals surface area contributed by atoms with Crippen molar-refractivity contribution in [3.63, 3.8) is 0 Å². The lowest BCUT2D eigenvalue weighted by Crippen LogP contribution is -2.17. The summed E-state index contributed by atoms with van der Waals surface area (Å²) in [5, 5.41) is 5.96. The molecule has 1 N–H and O–H groups in total. The predicted octanol–water partition coefficient (Wildman–Crippen LogP) is 3.91. The molecule has 4 heteroatoms. The van der Waals surface area contributed by atoms with Crippen LogP contribution in [0.2, 0.25) is 0 Å². The zero-order chi connectivity index (χ0) is 17.1. The van der Waals surface area contributed by atoms with E-state index >= 15 is 0 Å². The van der Waals surface area contributed by atoms with Gasteiger partial charge in [0.1, 0.15) is 19.0 Å². The van der Waals surface area contributed by atoms with Crippen molar-refractivity contribution in [1.29, 1.82) is 0 Å². The molecular formula is C21H21NO3. The topological polar surface area (TPSA) is 39.7 Å². The molecular weight excluding hydrogens is 314 g/mol. The van der Waals surface area contributed by atoms with Crippen LogP contribution in [0.1, 0.15) is 11.1 Å². The summed E-state index contributed by atoms with van der Waals surface area (Å²) in [6, 6.07) is 18.6. The molecule has 128 valence electrons. The van der Waals surface area contributed by atoms with Gasteiger partial charge in [0, 0.05) is 18.7 Å². The van der Waals surface area contributed by atoms with Crippen LogP contribution >= 0.6 is 0 Å². The van der Waals surface area contributed by atoms with Crippen LogP contribution in [0.4, 0.5) is 0 Å². The van der Waals surface area contributed by atoms with Crippen LogP contribution in [0, 0.1) is 0 Å². The lowest BCUT2D eigenvalue weighted by atomic mass is 10.0. The van der Waals surface area contributed by atoms with E-state index in [9.17, 15) is 0 Å². The van der Waals surface area contributed by atoms with Crippen molar-refractivity contribution in [2.24, 2.45) is 0 Å². The third kappa shape index (κ3) is 3.26. The molecule has 25 heavy (non-hydrogen) atoms. The van der Waals surface area contributed by atoms with E-state index in [0.717, 1.165) is 30.3 Å². The van der Waals surface area contributed by atoms with E-state index < -0.39 is 0 Å². The van der Waals surface area contributed by atoms with E-state index in [4.69, 9.17) is 14.2 Å². The number of hydrogen-bond donors (Lipinski definition) is 1. The Morgan fingerprint density at radius 2 is 1.76 bits per heavy atom. The van der Waals surface area contributed by atoms with Gasteiger partial charge < -0.3 is 19.5 Å². The number of fused-ring (bicyclic) bond motifs is 2. The smallest absolute Gasteiger partial charge is 0.161 e.